The second-order valence-electron chi connectivity index (χ2n) is 4.59. The Morgan fingerprint density at radius 3 is 3.12 bits per heavy atom. The molecule has 0 saturated carbocycles. The van der Waals surface area contributed by atoms with Crippen molar-refractivity contribution in [2.75, 3.05) is 37.8 Å². The predicted molar refractivity (Wildman–Crippen MR) is 67.6 cm³/mol. The SMILES string of the molecule is O=C(CN1CSCC1=O)NCC1CCCNC1. The zero-order valence-corrected chi connectivity index (χ0v) is 10.7. The zero-order valence-electron chi connectivity index (χ0n) is 9.91. The smallest absolute Gasteiger partial charge is 0.239 e. The van der Waals surface area contributed by atoms with Gasteiger partial charge in [0.15, 0.2) is 0 Å². The molecule has 1 unspecified atom stereocenters. The van der Waals surface area contributed by atoms with Crippen LogP contribution in [0.25, 0.3) is 0 Å². The molecule has 5 nitrogen and oxygen atoms in total. The van der Waals surface area contributed by atoms with Gasteiger partial charge in [-0.1, -0.05) is 0 Å². The summed E-state index contributed by atoms with van der Waals surface area (Å²) < 4.78 is 0. The molecule has 1 atom stereocenters. The van der Waals surface area contributed by atoms with Crippen molar-refractivity contribution < 1.29 is 9.59 Å². The molecule has 0 aromatic carbocycles. The lowest BCUT2D eigenvalue weighted by Crippen LogP contribution is -2.42. The Bertz CT molecular complexity index is 292. The van der Waals surface area contributed by atoms with E-state index in [1.165, 1.54) is 12.8 Å². The van der Waals surface area contributed by atoms with Crippen molar-refractivity contribution >= 4 is 23.6 Å². The molecule has 0 radical (unpaired) electrons. The number of thioether (sulfide) groups is 1. The van der Waals surface area contributed by atoms with Crippen LogP contribution in [-0.2, 0) is 9.59 Å². The van der Waals surface area contributed by atoms with Gasteiger partial charge < -0.3 is 15.5 Å². The number of amides is 2. The van der Waals surface area contributed by atoms with E-state index in [0.717, 1.165) is 19.6 Å². The summed E-state index contributed by atoms with van der Waals surface area (Å²) in [6.07, 6.45) is 2.35. The van der Waals surface area contributed by atoms with E-state index in [1.807, 2.05) is 0 Å². The molecule has 17 heavy (non-hydrogen) atoms. The lowest BCUT2D eigenvalue weighted by Gasteiger charge is -2.23. The van der Waals surface area contributed by atoms with Crippen molar-refractivity contribution in [1.29, 1.82) is 0 Å². The summed E-state index contributed by atoms with van der Waals surface area (Å²) >= 11 is 1.56. The van der Waals surface area contributed by atoms with Gasteiger partial charge in [0.2, 0.25) is 11.8 Å². The Labute approximate surface area is 106 Å². The molecule has 2 aliphatic heterocycles. The van der Waals surface area contributed by atoms with Gasteiger partial charge in [0.05, 0.1) is 11.6 Å². The summed E-state index contributed by atoms with van der Waals surface area (Å²) in [7, 11) is 0. The molecule has 2 saturated heterocycles. The largest absolute Gasteiger partial charge is 0.354 e. The third-order valence-corrected chi connectivity index (χ3v) is 4.09. The lowest BCUT2D eigenvalue weighted by molar-refractivity contribution is -0.132. The van der Waals surface area contributed by atoms with E-state index in [2.05, 4.69) is 10.6 Å². The Kier molecular flexibility index (Phi) is 4.67. The summed E-state index contributed by atoms with van der Waals surface area (Å²) in [6.45, 7) is 3.01. The average molecular weight is 257 g/mol. The van der Waals surface area contributed by atoms with Gasteiger partial charge in [0.25, 0.3) is 0 Å². The summed E-state index contributed by atoms with van der Waals surface area (Å²) in [4.78, 5) is 24.6. The Morgan fingerprint density at radius 2 is 2.47 bits per heavy atom. The predicted octanol–water partition coefficient (Wildman–Crippen LogP) is -0.365. The number of rotatable bonds is 4. The van der Waals surface area contributed by atoms with Gasteiger partial charge in [-0.2, -0.15) is 0 Å². The van der Waals surface area contributed by atoms with Crippen LogP contribution >= 0.6 is 11.8 Å². The highest BCUT2D eigenvalue weighted by Crippen LogP contribution is 2.14. The average Bonchev–Trinajstić information content (AvgIpc) is 2.74. The molecular weight excluding hydrogens is 238 g/mol. The molecular formula is C11H19N3O2S. The van der Waals surface area contributed by atoms with Gasteiger partial charge in [-0.3, -0.25) is 9.59 Å². The van der Waals surface area contributed by atoms with Crippen molar-refractivity contribution in [3.63, 3.8) is 0 Å². The molecule has 2 heterocycles. The molecule has 6 heteroatoms. The minimum Gasteiger partial charge on any atom is -0.354 e. The van der Waals surface area contributed by atoms with E-state index < -0.39 is 0 Å². The van der Waals surface area contributed by atoms with Crippen LogP contribution in [0.15, 0.2) is 0 Å². The Balaban J connectivity index is 1.64. The number of hydrogen-bond acceptors (Lipinski definition) is 4. The fraction of sp³-hybridized carbons (Fsp3) is 0.818. The number of nitrogens with zero attached hydrogens (tertiary/aromatic N) is 1. The van der Waals surface area contributed by atoms with E-state index in [9.17, 15) is 9.59 Å². The number of hydrogen-bond donors (Lipinski definition) is 2. The molecule has 0 aromatic rings. The maximum absolute atomic E-state index is 11.7. The van der Waals surface area contributed by atoms with Gasteiger partial charge in [-0.15, -0.1) is 11.8 Å². The first kappa shape index (κ1) is 12.7. The molecule has 96 valence electrons. The molecule has 0 spiro atoms. The molecule has 0 bridgehead atoms. The zero-order chi connectivity index (χ0) is 12.1. The fourth-order valence-electron chi connectivity index (χ4n) is 2.13. The van der Waals surface area contributed by atoms with Gasteiger partial charge in [0.1, 0.15) is 6.54 Å². The number of nitrogens with one attached hydrogen (secondary N) is 2. The monoisotopic (exact) mass is 257 g/mol. The van der Waals surface area contributed by atoms with E-state index in [4.69, 9.17) is 0 Å². The van der Waals surface area contributed by atoms with Crippen LogP contribution in [0, 0.1) is 5.92 Å². The highest BCUT2D eigenvalue weighted by molar-refractivity contribution is 8.00. The third kappa shape index (κ3) is 3.89. The van der Waals surface area contributed by atoms with Crippen molar-refractivity contribution in [2.45, 2.75) is 12.8 Å². The first-order chi connectivity index (χ1) is 8.25. The van der Waals surface area contributed by atoms with Crippen LogP contribution in [-0.4, -0.2) is 54.5 Å². The van der Waals surface area contributed by atoms with Gasteiger partial charge in [0, 0.05) is 6.54 Å². The maximum atomic E-state index is 11.7. The van der Waals surface area contributed by atoms with Gasteiger partial charge in [-0.05, 0) is 31.8 Å². The van der Waals surface area contributed by atoms with Crippen LogP contribution in [0.4, 0.5) is 0 Å². The Morgan fingerprint density at radius 1 is 1.59 bits per heavy atom. The second-order valence-corrected chi connectivity index (χ2v) is 5.54. The van der Waals surface area contributed by atoms with E-state index in [0.29, 0.717) is 17.5 Å². The molecule has 0 aliphatic carbocycles. The number of carbonyl (C=O) groups excluding carboxylic acids is 2. The summed E-state index contributed by atoms with van der Waals surface area (Å²) in [5.41, 5.74) is 0. The van der Waals surface area contributed by atoms with Crippen LogP contribution < -0.4 is 10.6 Å². The van der Waals surface area contributed by atoms with E-state index in [-0.39, 0.29) is 18.4 Å². The van der Waals surface area contributed by atoms with Gasteiger partial charge >= 0.3 is 0 Å². The highest BCUT2D eigenvalue weighted by Gasteiger charge is 2.23. The van der Waals surface area contributed by atoms with E-state index >= 15 is 0 Å². The summed E-state index contributed by atoms with van der Waals surface area (Å²) in [6, 6.07) is 0. The molecule has 0 aromatic heterocycles. The minimum atomic E-state index is -0.0357. The lowest BCUT2D eigenvalue weighted by atomic mass is 10.00. The number of carbonyl (C=O) groups is 2. The topological polar surface area (TPSA) is 61.4 Å². The number of piperidine rings is 1. The standard InChI is InChI=1S/C11H19N3O2S/c15-10(6-14-8-17-7-11(14)16)13-5-9-2-1-3-12-4-9/h9,12H,1-8H2,(H,13,15). The normalized spacial score (nSPS) is 25.1. The first-order valence-corrected chi connectivity index (χ1v) is 7.24. The molecule has 2 fully saturated rings. The Hall–Kier alpha value is -0.750. The third-order valence-electron chi connectivity index (χ3n) is 3.15. The molecule has 2 amide bonds. The van der Waals surface area contributed by atoms with Crippen molar-refractivity contribution in [2.24, 2.45) is 5.92 Å². The first-order valence-electron chi connectivity index (χ1n) is 6.08. The summed E-state index contributed by atoms with van der Waals surface area (Å²) in [5, 5.41) is 6.24. The quantitative estimate of drug-likeness (QED) is 0.722. The molecule has 2 N–H and O–H groups in total. The fourth-order valence-corrected chi connectivity index (χ4v) is 3.03. The van der Waals surface area contributed by atoms with Crippen LogP contribution in [0.1, 0.15) is 12.8 Å². The van der Waals surface area contributed by atoms with Crippen LogP contribution in [0.3, 0.4) is 0 Å². The van der Waals surface area contributed by atoms with Crippen molar-refractivity contribution in [3.05, 3.63) is 0 Å². The molecule has 2 aliphatic rings. The summed E-state index contributed by atoms with van der Waals surface area (Å²) in [5.74, 6) is 1.74. The van der Waals surface area contributed by atoms with E-state index in [1.54, 1.807) is 16.7 Å². The maximum Gasteiger partial charge on any atom is 0.239 e. The van der Waals surface area contributed by atoms with Crippen LogP contribution in [0.2, 0.25) is 0 Å². The van der Waals surface area contributed by atoms with Gasteiger partial charge in [-0.25, -0.2) is 0 Å². The minimum absolute atomic E-state index is 0.0357. The second kappa shape index (κ2) is 6.26. The molecule has 2 rings (SSSR count). The van der Waals surface area contributed by atoms with Crippen LogP contribution in [0.5, 0.6) is 0 Å². The highest BCUT2D eigenvalue weighted by atomic mass is 32.2. The van der Waals surface area contributed by atoms with Crippen molar-refractivity contribution in [1.82, 2.24) is 15.5 Å². The van der Waals surface area contributed by atoms with Crippen molar-refractivity contribution in [3.8, 4) is 0 Å².